The van der Waals surface area contributed by atoms with E-state index in [-0.39, 0.29) is 29.7 Å². The highest BCUT2D eigenvalue weighted by atomic mass is 19.4. The van der Waals surface area contributed by atoms with E-state index in [9.17, 15) is 18.0 Å². The molecule has 1 aromatic heterocycles. The number of amides is 1. The lowest BCUT2D eigenvalue weighted by Crippen LogP contribution is -2.29. The summed E-state index contributed by atoms with van der Waals surface area (Å²) in [5.74, 6) is 0.699. The standard InChI is InChI=1S/C20H21F3N2O3/c1-13(14-7-8-18(24-10-14)28-12-20(21,22)23)25-19(26)17-9-15(17)11-27-16-5-3-2-4-6-16/h2-8,10,13,15,17H,9,11-12H2,1H3,(H,25,26)/t13?,15-,17+/m1/s1. The van der Waals surface area contributed by atoms with Gasteiger partial charge in [0.2, 0.25) is 11.8 Å². The van der Waals surface area contributed by atoms with Gasteiger partial charge in [-0.3, -0.25) is 4.79 Å². The van der Waals surface area contributed by atoms with Crippen LogP contribution in [0.4, 0.5) is 13.2 Å². The normalized spacial score (nSPS) is 19.6. The predicted molar refractivity (Wildman–Crippen MR) is 95.9 cm³/mol. The van der Waals surface area contributed by atoms with Crippen molar-refractivity contribution in [3.8, 4) is 11.6 Å². The molecule has 1 aliphatic rings. The number of halogens is 3. The van der Waals surface area contributed by atoms with E-state index in [4.69, 9.17) is 4.74 Å². The van der Waals surface area contributed by atoms with Crippen molar-refractivity contribution in [2.24, 2.45) is 11.8 Å². The topological polar surface area (TPSA) is 60.5 Å². The zero-order chi connectivity index (χ0) is 20.1. The number of nitrogens with one attached hydrogen (secondary N) is 1. The summed E-state index contributed by atoms with van der Waals surface area (Å²) in [6.07, 6.45) is -2.24. The van der Waals surface area contributed by atoms with Gasteiger partial charge in [0.1, 0.15) is 5.75 Å². The molecule has 28 heavy (non-hydrogen) atoms. The van der Waals surface area contributed by atoms with Crippen LogP contribution < -0.4 is 14.8 Å². The molecule has 0 saturated heterocycles. The predicted octanol–water partition coefficient (Wildman–Crippen LogP) is 3.92. The Balaban J connectivity index is 1.43. The summed E-state index contributed by atoms with van der Waals surface area (Å²) >= 11 is 0. The number of hydrogen-bond acceptors (Lipinski definition) is 4. The van der Waals surface area contributed by atoms with Gasteiger partial charge in [-0.2, -0.15) is 13.2 Å². The van der Waals surface area contributed by atoms with Crippen LogP contribution in [0.1, 0.15) is 24.9 Å². The van der Waals surface area contributed by atoms with Gasteiger partial charge in [-0.05, 0) is 31.0 Å². The Labute approximate surface area is 160 Å². The largest absolute Gasteiger partial charge is 0.493 e. The minimum Gasteiger partial charge on any atom is -0.493 e. The molecule has 0 radical (unpaired) electrons. The summed E-state index contributed by atoms with van der Waals surface area (Å²) < 4.78 is 46.7. The third kappa shape index (κ3) is 5.87. The van der Waals surface area contributed by atoms with Crippen LogP contribution in [0, 0.1) is 11.8 Å². The Kier molecular flexibility index (Phi) is 6.06. The van der Waals surface area contributed by atoms with Gasteiger partial charge in [0.25, 0.3) is 0 Å². The number of rotatable bonds is 8. The molecule has 1 amide bonds. The van der Waals surface area contributed by atoms with E-state index in [0.717, 1.165) is 12.2 Å². The molecule has 3 rings (SSSR count). The van der Waals surface area contributed by atoms with Crippen molar-refractivity contribution in [3.63, 3.8) is 0 Å². The summed E-state index contributed by atoms with van der Waals surface area (Å²) in [6, 6.07) is 12.1. The second kappa shape index (κ2) is 8.50. The molecule has 1 aromatic carbocycles. The molecule has 1 N–H and O–H groups in total. The number of aromatic nitrogens is 1. The maximum atomic E-state index is 12.4. The Hall–Kier alpha value is -2.77. The molecule has 1 saturated carbocycles. The van der Waals surface area contributed by atoms with Gasteiger partial charge in [0, 0.05) is 24.1 Å². The number of ether oxygens (including phenoxy) is 2. The minimum absolute atomic E-state index is 0.0634. The van der Waals surface area contributed by atoms with Crippen molar-refractivity contribution in [1.29, 1.82) is 0 Å². The fourth-order valence-electron chi connectivity index (χ4n) is 2.77. The second-order valence-corrected chi connectivity index (χ2v) is 6.79. The van der Waals surface area contributed by atoms with Crippen LogP contribution >= 0.6 is 0 Å². The van der Waals surface area contributed by atoms with Gasteiger partial charge in [-0.1, -0.05) is 24.3 Å². The molecule has 3 atom stereocenters. The van der Waals surface area contributed by atoms with E-state index >= 15 is 0 Å². The molecule has 1 unspecified atom stereocenters. The average molecular weight is 394 g/mol. The minimum atomic E-state index is -4.41. The van der Waals surface area contributed by atoms with E-state index in [2.05, 4.69) is 15.0 Å². The molecule has 1 fully saturated rings. The first-order chi connectivity index (χ1) is 13.3. The summed E-state index contributed by atoms with van der Waals surface area (Å²) in [4.78, 5) is 16.2. The summed E-state index contributed by atoms with van der Waals surface area (Å²) in [7, 11) is 0. The lowest BCUT2D eigenvalue weighted by Gasteiger charge is -2.15. The van der Waals surface area contributed by atoms with Crippen molar-refractivity contribution < 1.29 is 27.4 Å². The lowest BCUT2D eigenvalue weighted by atomic mass is 10.1. The molecular weight excluding hydrogens is 373 g/mol. The van der Waals surface area contributed by atoms with Crippen LogP contribution in [0.2, 0.25) is 0 Å². The highest BCUT2D eigenvalue weighted by Gasteiger charge is 2.43. The summed E-state index contributed by atoms with van der Waals surface area (Å²) in [5.41, 5.74) is 0.686. The van der Waals surface area contributed by atoms with Crippen LogP contribution in [-0.2, 0) is 4.79 Å². The molecule has 0 bridgehead atoms. The van der Waals surface area contributed by atoms with Crippen molar-refractivity contribution in [2.45, 2.75) is 25.6 Å². The van der Waals surface area contributed by atoms with Crippen LogP contribution in [-0.4, -0.2) is 30.3 Å². The van der Waals surface area contributed by atoms with Crippen molar-refractivity contribution >= 4 is 5.91 Å². The number of carbonyl (C=O) groups excluding carboxylic acids is 1. The van der Waals surface area contributed by atoms with E-state index in [1.807, 2.05) is 30.3 Å². The molecule has 1 aliphatic carbocycles. The summed E-state index contributed by atoms with van der Waals surface area (Å²) in [5, 5.41) is 2.91. The molecule has 1 heterocycles. The van der Waals surface area contributed by atoms with E-state index in [1.165, 1.54) is 12.3 Å². The number of para-hydroxylation sites is 1. The van der Waals surface area contributed by atoms with Crippen molar-refractivity contribution in [3.05, 3.63) is 54.2 Å². The number of hydrogen-bond donors (Lipinski definition) is 1. The first-order valence-corrected chi connectivity index (χ1v) is 8.95. The molecule has 5 nitrogen and oxygen atoms in total. The van der Waals surface area contributed by atoms with Crippen LogP contribution in [0.15, 0.2) is 48.7 Å². The highest BCUT2D eigenvalue weighted by molar-refractivity contribution is 5.81. The smallest absolute Gasteiger partial charge is 0.422 e. The van der Waals surface area contributed by atoms with E-state index in [0.29, 0.717) is 12.2 Å². The van der Waals surface area contributed by atoms with Gasteiger partial charge in [-0.25, -0.2) is 4.98 Å². The zero-order valence-corrected chi connectivity index (χ0v) is 15.3. The number of pyridine rings is 1. The molecule has 8 heteroatoms. The van der Waals surface area contributed by atoms with Gasteiger partial charge in [-0.15, -0.1) is 0 Å². The van der Waals surface area contributed by atoms with Gasteiger partial charge >= 0.3 is 6.18 Å². The van der Waals surface area contributed by atoms with Crippen molar-refractivity contribution in [2.75, 3.05) is 13.2 Å². The fourth-order valence-corrected chi connectivity index (χ4v) is 2.77. The Morgan fingerprint density at radius 3 is 2.61 bits per heavy atom. The van der Waals surface area contributed by atoms with E-state index in [1.54, 1.807) is 13.0 Å². The zero-order valence-electron chi connectivity index (χ0n) is 15.3. The average Bonchev–Trinajstić information content (AvgIpc) is 3.45. The Morgan fingerprint density at radius 1 is 1.21 bits per heavy atom. The number of alkyl halides is 3. The number of benzene rings is 1. The molecule has 150 valence electrons. The van der Waals surface area contributed by atoms with Crippen LogP contribution in [0.5, 0.6) is 11.6 Å². The Bertz CT molecular complexity index is 782. The molecule has 0 spiro atoms. The van der Waals surface area contributed by atoms with E-state index < -0.39 is 12.8 Å². The van der Waals surface area contributed by atoms with Crippen LogP contribution in [0.3, 0.4) is 0 Å². The summed E-state index contributed by atoms with van der Waals surface area (Å²) in [6.45, 7) is 0.895. The monoisotopic (exact) mass is 394 g/mol. The van der Waals surface area contributed by atoms with Gasteiger partial charge < -0.3 is 14.8 Å². The number of nitrogens with zero attached hydrogens (tertiary/aromatic N) is 1. The first-order valence-electron chi connectivity index (χ1n) is 8.95. The first kappa shape index (κ1) is 20.0. The maximum absolute atomic E-state index is 12.4. The maximum Gasteiger partial charge on any atom is 0.422 e. The molecule has 2 aromatic rings. The van der Waals surface area contributed by atoms with Crippen molar-refractivity contribution in [1.82, 2.24) is 10.3 Å². The lowest BCUT2D eigenvalue weighted by molar-refractivity contribution is -0.154. The fraction of sp³-hybridized carbons (Fsp3) is 0.400. The second-order valence-electron chi connectivity index (χ2n) is 6.79. The third-order valence-electron chi connectivity index (χ3n) is 4.47. The number of carbonyl (C=O) groups is 1. The van der Waals surface area contributed by atoms with Crippen LogP contribution in [0.25, 0.3) is 0 Å². The van der Waals surface area contributed by atoms with Gasteiger partial charge in [0.05, 0.1) is 12.6 Å². The highest BCUT2D eigenvalue weighted by Crippen LogP contribution is 2.39. The van der Waals surface area contributed by atoms with Gasteiger partial charge in [0.15, 0.2) is 6.61 Å². The quantitative estimate of drug-likeness (QED) is 0.737. The third-order valence-corrected chi connectivity index (χ3v) is 4.47. The molecular formula is C20H21F3N2O3. The Morgan fingerprint density at radius 2 is 1.96 bits per heavy atom. The SMILES string of the molecule is CC(NC(=O)[C@H]1C[C@@H]1COc1ccccc1)c1ccc(OCC(F)(F)F)nc1. The molecule has 0 aliphatic heterocycles.